The first kappa shape index (κ1) is 5.01. The Morgan fingerprint density at radius 1 is 1.75 bits per heavy atom. The fourth-order valence-corrected chi connectivity index (χ4v) is 0.475. The lowest BCUT2D eigenvalue weighted by Crippen LogP contribution is -2.35. The van der Waals surface area contributed by atoms with E-state index < -0.39 is 0 Å². The van der Waals surface area contributed by atoms with Gasteiger partial charge in [-0.1, -0.05) is 5.92 Å². The number of hydrogen-bond acceptors (Lipinski definition) is 3. The average Bonchev–Trinajstić information content (AvgIpc) is 2.19. The summed E-state index contributed by atoms with van der Waals surface area (Å²) < 4.78 is 0. The van der Waals surface area contributed by atoms with E-state index in [0.29, 0.717) is 6.54 Å². The number of terminal acetylenes is 1. The Morgan fingerprint density at radius 3 is 3.12 bits per heavy atom. The van der Waals surface area contributed by atoms with Crippen molar-refractivity contribution >= 4 is 0 Å². The maximum atomic E-state index is 5.01. The third-order valence-electron chi connectivity index (χ3n) is 0.808. The van der Waals surface area contributed by atoms with Gasteiger partial charge in [0.25, 0.3) is 0 Å². The topological polar surface area (TPSA) is 27.3 Å². The van der Waals surface area contributed by atoms with Crippen LogP contribution in [0.15, 0.2) is 12.4 Å². The Balaban J connectivity index is 2.28. The maximum Gasteiger partial charge on any atom is 0.0961 e. The average molecular weight is 109 g/mol. The van der Waals surface area contributed by atoms with Crippen molar-refractivity contribution in [2.24, 2.45) is 0 Å². The van der Waals surface area contributed by atoms with Crippen LogP contribution in [0.2, 0.25) is 0 Å². The number of hydrazine groups is 2. The summed E-state index contributed by atoms with van der Waals surface area (Å²) in [5, 5.41) is 1.76. The van der Waals surface area contributed by atoms with E-state index in [2.05, 4.69) is 16.9 Å². The molecule has 0 saturated carbocycles. The van der Waals surface area contributed by atoms with Gasteiger partial charge in [-0.15, -0.1) is 12.0 Å². The summed E-state index contributed by atoms with van der Waals surface area (Å²) in [5.41, 5.74) is 5.54. The first-order valence-electron chi connectivity index (χ1n) is 2.31. The molecule has 3 heteroatoms. The third kappa shape index (κ3) is 0.922. The summed E-state index contributed by atoms with van der Waals surface area (Å²) in [4.78, 5) is 0. The largest absolute Gasteiger partial charge is 0.310 e. The standard InChI is InChI=1S/C5H7N3/c1-2-4-8-5-3-6-7-8/h1,3,5-7H,4H2. The molecule has 2 N–H and O–H groups in total. The minimum atomic E-state index is 0.587. The lowest BCUT2D eigenvalue weighted by atomic mass is 10.6. The Kier molecular flexibility index (Phi) is 1.40. The number of hydrogen-bond donors (Lipinski definition) is 2. The molecule has 0 saturated heterocycles. The zero-order valence-electron chi connectivity index (χ0n) is 4.39. The van der Waals surface area contributed by atoms with E-state index in [1.54, 1.807) is 11.2 Å². The number of rotatable bonds is 1. The first-order valence-corrected chi connectivity index (χ1v) is 2.31. The molecule has 1 aliphatic rings. The van der Waals surface area contributed by atoms with Gasteiger partial charge in [0.1, 0.15) is 0 Å². The molecule has 0 amide bonds. The van der Waals surface area contributed by atoms with Crippen LogP contribution >= 0.6 is 0 Å². The second-order valence-corrected chi connectivity index (χ2v) is 1.40. The van der Waals surface area contributed by atoms with Gasteiger partial charge < -0.3 is 5.43 Å². The lowest BCUT2D eigenvalue weighted by molar-refractivity contribution is 0.304. The smallest absolute Gasteiger partial charge is 0.0961 e. The van der Waals surface area contributed by atoms with Gasteiger partial charge in [-0.2, -0.15) is 0 Å². The predicted molar refractivity (Wildman–Crippen MR) is 31.0 cm³/mol. The van der Waals surface area contributed by atoms with Gasteiger partial charge in [-0.3, -0.25) is 5.01 Å². The zero-order valence-corrected chi connectivity index (χ0v) is 4.39. The molecule has 0 aromatic carbocycles. The highest BCUT2D eigenvalue weighted by Gasteiger charge is 1.96. The third-order valence-corrected chi connectivity index (χ3v) is 0.808. The molecule has 0 aromatic heterocycles. The van der Waals surface area contributed by atoms with Crippen molar-refractivity contribution < 1.29 is 0 Å². The summed E-state index contributed by atoms with van der Waals surface area (Å²) in [7, 11) is 0. The van der Waals surface area contributed by atoms with E-state index in [1.165, 1.54) is 0 Å². The van der Waals surface area contributed by atoms with E-state index in [9.17, 15) is 0 Å². The van der Waals surface area contributed by atoms with Crippen molar-refractivity contribution in [2.75, 3.05) is 6.54 Å². The predicted octanol–water partition coefficient (Wildman–Crippen LogP) is -0.584. The molecule has 1 heterocycles. The van der Waals surface area contributed by atoms with Crippen molar-refractivity contribution in [1.82, 2.24) is 16.0 Å². The monoisotopic (exact) mass is 109 g/mol. The SMILES string of the molecule is C#CCN1C=CNN1. The van der Waals surface area contributed by atoms with Crippen molar-refractivity contribution in [3.8, 4) is 12.3 Å². The fraction of sp³-hybridized carbons (Fsp3) is 0.200. The molecule has 0 fully saturated rings. The quantitative estimate of drug-likeness (QED) is 0.441. The molecule has 0 atom stereocenters. The highest BCUT2D eigenvalue weighted by atomic mass is 15.7. The molecular weight excluding hydrogens is 102 g/mol. The van der Waals surface area contributed by atoms with Crippen LogP contribution < -0.4 is 11.0 Å². The van der Waals surface area contributed by atoms with Crippen LogP contribution in [0.1, 0.15) is 0 Å². The van der Waals surface area contributed by atoms with Crippen LogP contribution in [0, 0.1) is 12.3 Å². The minimum Gasteiger partial charge on any atom is -0.310 e. The van der Waals surface area contributed by atoms with E-state index in [0.717, 1.165) is 0 Å². The number of nitrogens with zero attached hydrogens (tertiary/aromatic N) is 1. The van der Waals surface area contributed by atoms with Gasteiger partial charge in [0.05, 0.1) is 6.54 Å². The van der Waals surface area contributed by atoms with Crippen LogP contribution in [0.3, 0.4) is 0 Å². The summed E-state index contributed by atoms with van der Waals surface area (Å²) in [6, 6.07) is 0. The van der Waals surface area contributed by atoms with E-state index in [4.69, 9.17) is 6.42 Å². The molecule has 1 aliphatic heterocycles. The molecule has 0 spiro atoms. The van der Waals surface area contributed by atoms with E-state index in [1.807, 2.05) is 6.20 Å². The summed E-state index contributed by atoms with van der Waals surface area (Å²) in [6.45, 7) is 0.587. The Morgan fingerprint density at radius 2 is 2.62 bits per heavy atom. The minimum absolute atomic E-state index is 0.587. The Hall–Kier alpha value is -1.14. The highest BCUT2D eigenvalue weighted by Crippen LogP contribution is 1.84. The van der Waals surface area contributed by atoms with Crippen molar-refractivity contribution in [3.05, 3.63) is 12.4 Å². The van der Waals surface area contributed by atoms with Crippen LogP contribution in [0.4, 0.5) is 0 Å². The van der Waals surface area contributed by atoms with Gasteiger partial charge in [0.15, 0.2) is 0 Å². The molecule has 0 aromatic rings. The van der Waals surface area contributed by atoms with Crippen molar-refractivity contribution in [2.45, 2.75) is 0 Å². The van der Waals surface area contributed by atoms with E-state index >= 15 is 0 Å². The van der Waals surface area contributed by atoms with Gasteiger partial charge in [0.2, 0.25) is 0 Å². The number of nitrogens with one attached hydrogen (secondary N) is 2. The van der Waals surface area contributed by atoms with Gasteiger partial charge in [-0.05, 0) is 0 Å². The molecule has 0 unspecified atom stereocenters. The second-order valence-electron chi connectivity index (χ2n) is 1.40. The Labute approximate surface area is 48.3 Å². The summed E-state index contributed by atoms with van der Waals surface area (Å²) >= 11 is 0. The lowest BCUT2D eigenvalue weighted by Gasteiger charge is -2.09. The first-order chi connectivity index (χ1) is 3.93. The summed E-state index contributed by atoms with van der Waals surface area (Å²) in [5.74, 6) is 2.48. The summed E-state index contributed by atoms with van der Waals surface area (Å²) in [6.07, 6.45) is 8.62. The highest BCUT2D eigenvalue weighted by molar-refractivity contribution is 4.93. The fourth-order valence-electron chi connectivity index (χ4n) is 0.475. The van der Waals surface area contributed by atoms with Gasteiger partial charge >= 0.3 is 0 Å². The van der Waals surface area contributed by atoms with Crippen LogP contribution in [0.5, 0.6) is 0 Å². The second kappa shape index (κ2) is 2.24. The molecule has 1 rings (SSSR count). The molecule has 42 valence electrons. The maximum absolute atomic E-state index is 5.01. The molecule has 0 aliphatic carbocycles. The normalized spacial score (nSPS) is 15.6. The van der Waals surface area contributed by atoms with Gasteiger partial charge in [-0.25, -0.2) is 0 Å². The van der Waals surface area contributed by atoms with E-state index in [-0.39, 0.29) is 0 Å². The Bertz CT molecular complexity index is 133. The van der Waals surface area contributed by atoms with Crippen LogP contribution in [-0.2, 0) is 0 Å². The molecule has 0 radical (unpaired) electrons. The van der Waals surface area contributed by atoms with Crippen LogP contribution in [0.25, 0.3) is 0 Å². The molecule has 8 heavy (non-hydrogen) atoms. The molecule has 3 nitrogen and oxygen atoms in total. The van der Waals surface area contributed by atoms with Crippen molar-refractivity contribution in [1.29, 1.82) is 0 Å². The molecular formula is C5H7N3. The van der Waals surface area contributed by atoms with Crippen molar-refractivity contribution in [3.63, 3.8) is 0 Å². The zero-order chi connectivity index (χ0) is 5.82. The van der Waals surface area contributed by atoms with Gasteiger partial charge in [0, 0.05) is 12.4 Å². The molecule has 0 bridgehead atoms. The van der Waals surface area contributed by atoms with Crippen LogP contribution in [-0.4, -0.2) is 11.6 Å².